The number of aliphatic hydroxyl groups excluding tert-OH is 1. The van der Waals surface area contributed by atoms with Gasteiger partial charge < -0.3 is 19.2 Å². The van der Waals surface area contributed by atoms with E-state index >= 15 is 0 Å². The molecule has 6 nitrogen and oxygen atoms in total. The molecule has 0 bridgehead atoms. The van der Waals surface area contributed by atoms with Gasteiger partial charge in [-0.2, -0.15) is 0 Å². The van der Waals surface area contributed by atoms with Crippen molar-refractivity contribution in [3.8, 4) is 11.4 Å². The van der Waals surface area contributed by atoms with Gasteiger partial charge in [0.1, 0.15) is 11.9 Å². The van der Waals surface area contributed by atoms with Crippen molar-refractivity contribution in [2.24, 2.45) is 5.92 Å². The molecule has 1 fully saturated rings. The summed E-state index contributed by atoms with van der Waals surface area (Å²) in [6.45, 7) is 2.18. The van der Waals surface area contributed by atoms with Crippen molar-refractivity contribution in [2.45, 2.75) is 49.8 Å². The third-order valence-electron chi connectivity index (χ3n) is 7.26. The van der Waals surface area contributed by atoms with Crippen molar-refractivity contribution in [1.82, 2.24) is 9.55 Å². The average Bonchev–Trinajstić information content (AvgIpc) is 3.59. The summed E-state index contributed by atoms with van der Waals surface area (Å²) >= 11 is 1.71. The number of carbonyl (C=O) groups is 1. The summed E-state index contributed by atoms with van der Waals surface area (Å²) in [4.78, 5) is 30.6. The van der Waals surface area contributed by atoms with Gasteiger partial charge in [-0.3, -0.25) is 4.79 Å². The minimum absolute atomic E-state index is 0.00610. The van der Waals surface area contributed by atoms with Gasteiger partial charge in [0, 0.05) is 45.9 Å². The molecule has 0 spiro atoms. The normalized spacial score (nSPS) is 19.5. The first kappa shape index (κ1) is 21.0. The van der Waals surface area contributed by atoms with Gasteiger partial charge in [-0.15, -0.1) is 11.8 Å². The average molecular weight is 467 g/mol. The predicted octanol–water partition coefficient (Wildman–Crippen LogP) is 3.85. The molecule has 2 aromatic heterocycles. The molecular formula is C25H23FN2O4S. The third-order valence-corrected chi connectivity index (χ3v) is 8.58. The Bertz CT molecular complexity index is 1410. The van der Waals surface area contributed by atoms with Crippen LogP contribution >= 0.6 is 11.8 Å². The van der Waals surface area contributed by atoms with E-state index in [4.69, 9.17) is 9.72 Å². The van der Waals surface area contributed by atoms with Crippen LogP contribution in [0.4, 0.5) is 4.39 Å². The van der Waals surface area contributed by atoms with Crippen molar-refractivity contribution in [3.05, 3.63) is 56.1 Å². The Morgan fingerprint density at radius 2 is 2.18 bits per heavy atom. The first-order valence-electron chi connectivity index (χ1n) is 11.1. The predicted molar refractivity (Wildman–Crippen MR) is 123 cm³/mol. The largest absolute Gasteiger partial charge is 0.381 e. The molecule has 3 aromatic rings. The molecular weight excluding hydrogens is 443 g/mol. The number of pyridine rings is 2. The van der Waals surface area contributed by atoms with Crippen molar-refractivity contribution >= 4 is 29.0 Å². The highest BCUT2D eigenvalue weighted by Crippen LogP contribution is 2.54. The van der Waals surface area contributed by atoms with Crippen LogP contribution in [-0.4, -0.2) is 33.8 Å². The van der Waals surface area contributed by atoms with E-state index in [1.807, 2.05) is 6.92 Å². The van der Waals surface area contributed by atoms with E-state index in [2.05, 4.69) is 0 Å². The number of nitrogens with zero attached hydrogens (tertiary/aromatic N) is 2. The Labute approximate surface area is 193 Å². The number of fused-ring (bicyclic) bond motifs is 4. The fourth-order valence-corrected chi connectivity index (χ4v) is 6.92. The Morgan fingerprint density at radius 3 is 2.88 bits per heavy atom. The van der Waals surface area contributed by atoms with E-state index in [-0.39, 0.29) is 29.1 Å². The number of hydrogen-bond acceptors (Lipinski definition) is 6. The second-order valence-corrected chi connectivity index (χ2v) is 10.2. The second-order valence-electron chi connectivity index (χ2n) is 9.18. The molecule has 170 valence electrons. The number of aromatic nitrogens is 2. The van der Waals surface area contributed by atoms with Crippen LogP contribution in [0.3, 0.4) is 0 Å². The Hall–Kier alpha value is -2.55. The number of ether oxygens (including phenoxy) is 1. The van der Waals surface area contributed by atoms with Crippen molar-refractivity contribution < 1.29 is 19.0 Å². The van der Waals surface area contributed by atoms with Crippen molar-refractivity contribution in [3.63, 3.8) is 0 Å². The zero-order chi connectivity index (χ0) is 23.0. The molecule has 1 aromatic carbocycles. The maximum atomic E-state index is 14.8. The molecule has 1 aliphatic carbocycles. The summed E-state index contributed by atoms with van der Waals surface area (Å²) in [6, 6.07) is 3.16. The van der Waals surface area contributed by atoms with Crippen molar-refractivity contribution in [2.75, 3.05) is 12.9 Å². The van der Waals surface area contributed by atoms with Crippen LogP contribution < -0.4 is 5.56 Å². The quantitative estimate of drug-likeness (QED) is 0.450. The van der Waals surface area contributed by atoms with E-state index in [1.165, 1.54) is 31.6 Å². The molecule has 2 unspecified atom stereocenters. The first-order valence-corrected chi connectivity index (χ1v) is 12.1. The number of hydrogen-bond donors (Lipinski definition) is 1. The third kappa shape index (κ3) is 2.97. The summed E-state index contributed by atoms with van der Waals surface area (Å²) in [7, 11) is 1.47. The smallest absolute Gasteiger partial charge is 0.257 e. The lowest BCUT2D eigenvalue weighted by atomic mass is 9.87. The van der Waals surface area contributed by atoms with E-state index in [1.54, 1.807) is 22.4 Å². The number of halogens is 1. The lowest BCUT2D eigenvalue weighted by Gasteiger charge is -2.28. The number of aldehydes is 1. The van der Waals surface area contributed by atoms with Gasteiger partial charge in [-0.05, 0) is 48.8 Å². The fraction of sp³-hybridized carbons (Fsp3) is 0.400. The van der Waals surface area contributed by atoms with Gasteiger partial charge in [0.05, 0.1) is 30.1 Å². The van der Waals surface area contributed by atoms with Crippen LogP contribution in [0.25, 0.3) is 22.3 Å². The molecule has 0 saturated heterocycles. The number of thioether (sulfide) groups is 1. The molecule has 0 amide bonds. The molecule has 0 radical (unpaired) electrons. The first-order chi connectivity index (χ1) is 15.9. The van der Waals surface area contributed by atoms with Crippen LogP contribution in [0.15, 0.2) is 21.8 Å². The lowest BCUT2D eigenvalue weighted by Crippen LogP contribution is -2.26. The van der Waals surface area contributed by atoms with Gasteiger partial charge in [-0.25, -0.2) is 9.37 Å². The summed E-state index contributed by atoms with van der Waals surface area (Å²) in [5.41, 5.74) is 4.85. The molecule has 3 aliphatic rings. The highest BCUT2D eigenvalue weighted by Gasteiger charge is 2.40. The second kappa shape index (κ2) is 7.48. The van der Waals surface area contributed by atoms with Crippen LogP contribution in [0.2, 0.25) is 0 Å². The minimum atomic E-state index is -1.43. The van der Waals surface area contributed by atoms with Gasteiger partial charge in [-0.1, -0.05) is 0 Å². The number of rotatable bonds is 5. The summed E-state index contributed by atoms with van der Waals surface area (Å²) in [5.74, 6) is 1.55. The SMILES string of the molecule is COCc1c(C(O)C=O)cc2n(c1=O)Cc1c-2nc2cc(F)c(C)c3c2c1C(C1CC1)CS3. The van der Waals surface area contributed by atoms with Crippen LogP contribution in [0, 0.1) is 18.7 Å². The zero-order valence-electron chi connectivity index (χ0n) is 18.4. The van der Waals surface area contributed by atoms with Gasteiger partial charge in [0.25, 0.3) is 5.56 Å². The van der Waals surface area contributed by atoms with E-state index in [9.17, 15) is 19.1 Å². The Kier molecular flexibility index (Phi) is 4.76. The molecule has 1 saturated carbocycles. The number of carbonyl (C=O) groups excluding carboxylic acids is 1. The molecule has 1 N–H and O–H groups in total. The van der Waals surface area contributed by atoms with Gasteiger partial charge in [0.2, 0.25) is 0 Å². The maximum Gasteiger partial charge on any atom is 0.257 e. The van der Waals surface area contributed by atoms with Crippen molar-refractivity contribution in [1.29, 1.82) is 0 Å². The highest BCUT2D eigenvalue weighted by atomic mass is 32.2. The molecule has 6 rings (SSSR count). The van der Waals surface area contributed by atoms with E-state index in [0.29, 0.717) is 47.1 Å². The van der Waals surface area contributed by atoms with E-state index in [0.717, 1.165) is 21.6 Å². The standard InChI is InChI=1S/C25H23FN2O4S/c1-11-17(26)6-18-22-21(16(12-3-4-12)10-33-24(11)22)14-7-28-19(23(14)27-18)5-13(20(30)8-29)15(9-32-2)25(28)31/h5-6,8,12,16,20,30H,3-4,7,9-10H2,1-2H3. The van der Waals surface area contributed by atoms with E-state index < -0.39 is 6.10 Å². The number of aliphatic hydroxyl groups is 1. The Balaban J connectivity index is 1.68. The molecule has 2 aliphatic heterocycles. The van der Waals surface area contributed by atoms with Crippen LogP contribution in [0.1, 0.15) is 52.7 Å². The number of methoxy groups -OCH3 is 1. The molecule has 2 atom stereocenters. The monoisotopic (exact) mass is 466 g/mol. The summed E-state index contributed by atoms with van der Waals surface area (Å²) < 4.78 is 21.6. The van der Waals surface area contributed by atoms with Crippen LogP contribution in [0.5, 0.6) is 0 Å². The lowest BCUT2D eigenvalue weighted by molar-refractivity contribution is -0.115. The van der Waals surface area contributed by atoms with Gasteiger partial charge >= 0.3 is 0 Å². The summed E-state index contributed by atoms with van der Waals surface area (Å²) in [5, 5.41) is 11.3. The topological polar surface area (TPSA) is 81.4 Å². The summed E-state index contributed by atoms with van der Waals surface area (Å²) in [6.07, 6.45) is 1.34. The molecule has 4 heterocycles. The highest BCUT2D eigenvalue weighted by molar-refractivity contribution is 7.99. The van der Waals surface area contributed by atoms with Gasteiger partial charge in [0.15, 0.2) is 6.29 Å². The fourth-order valence-electron chi connectivity index (χ4n) is 5.46. The molecule has 33 heavy (non-hydrogen) atoms. The van der Waals surface area contributed by atoms with Crippen LogP contribution in [-0.2, 0) is 22.7 Å². The maximum absolute atomic E-state index is 14.8. The minimum Gasteiger partial charge on any atom is -0.381 e. The Morgan fingerprint density at radius 1 is 1.39 bits per heavy atom. The number of benzene rings is 1. The molecule has 8 heteroatoms. The zero-order valence-corrected chi connectivity index (χ0v) is 19.2.